The van der Waals surface area contributed by atoms with Crippen molar-refractivity contribution in [2.45, 2.75) is 27.2 Å². The molecule has 2 amide bonds. The Morgan fingerprint density at radius 3 is 2.43 bits per heavy atom. The maximum absolute atomic E-state index is 11.9. The number of nitrogens with one attached hydrogen (secondary N) is 1. The van der Waals surface area contributed by atoms with Crippen molar-refractivity contribution in [3.05, 3.63) is 63.6 Å². The van der Waals surface area contributed by atoms with Gasteiger partial charge < -0.3 is 5.11 Å². The van der Waals surface area contributed by atoms with Gasteiger partial charge in [-0.3, -0.25) is 14.5 Å². The molecule has 0 fully saturated rings. The zero-order chi connectivity index (χ0) is 26.2. The van der Waals surface area contributed by atoms with Crippen molar-refractivity contribution in [1.82, 2.24) is 14.6 Å². The number of allylic oxidation sites excluding steroid dienone is 2. The van der Waals surface area contributed by atoms with Crippen LogP contribution < -0.4 is 4.72 Å². The first-order valence-electron chi connectivity index (χ1n) is 10.6. The second-order valence-electron chi connectivity index (χ2n) is 7.15. The molecule has 0 radical (unpaired) electrons. The van der Waals surface area contributed by atoms with E-state index in [-0.39, 0.29) is 16.6 Å². The average molecular weight is 538 g/mol. The van der Waals surface area contributed by atoms with E-state index in [0.29, 0.717) is 29.3 Å². The van der Waals surface area contributed by atoms with Crippen LogP contribution in [-0.4, -0.2) is 59.1 Å². The highest BCUT2D eigenvalue weighted by molar-refractivity contribution is 7.99. The van der Waals surface area contributed by atoms with E-state index in [0.717, 1.165) is 28.7 Å². The molecule has 0 saturated carbocycles. The molecule has 12 heteroatoms. The summed E-state index contributed by atoms with van der Waals surface area (Å²) in [5, 5.41) is 11.2. The summed E-state index contributed by atoms with van der Waals surface area (Å²) < 4.78 is 24.3. The third-order valence-electron chi connectivity index (χ3n) is 4.53. The van der Waals surface area contributed by atoms with Crippen LogP contribution in [0.3, 0.4) is 0 Å². The van der Waals surface area contributed by atoms with E-state index in [4.69, 9.17) is 0 Å². The first-order chi connectivity index (χ1) is 16.5. The second-order valence-corrected chi connectivity index (χ2v) is 10.7. The maximum Gasteiger partial charge on any atom is 0.352 e. The Kier molecular flexibility index (Phi) is 10.2. The summed E-state index contributed by atoms with van der Waals surface area (Å²) >= 11 is 2.53. The summed E-state index contributed by atoms with van der Waals surface area (Å²) in [7, 11) is -3.66. The van der Waals surface area contributed by atoms with Crippen LogP contribution in [0.4, 0.5) is 0 Å². The highest BCUT2D eigenvalue weighted by atomic mass is 32.2. The number of thioether (sulfide) groups is 1. The van der Waals surface area contributed by atoms with Crippen LogP contribution in [0, 0.1) is 0 Å². The van der Waals surface area contributed by atoms with Gasteiger partial charge in [-0.25, -0.2) is 22.9 Å². The molecule has 1 aliphatic heterocycles. The monoisotopic (exact) mass is 537 g/mol. The van der Waals surface area contributed by atoms with Crippen LogP contribution in [0.5, 0.6) is 0 Å². The van der Waals surface area contributed by atoms with E-state index >= 15 is 0 Å². The van der Waals surface area contributed by atoms with Gasteiger partial charge in [-0.2, -0.15) is 0 Å². The van der Waals surface area contributed by atoms with Crippen LogP contribution >= 0.6 is 23.1 Å². The summed E-state index contributed by atoms with van der Waals surface area (Å²) in [5.41, 5.74) is 2.92. The standard InChI is InChI=1S/C21H21N3O6S3.C2H6/c1-13(25)24-12-31-10-16(18(24)21(27)28)5-3-4-14-6-8-15(9-7-14)17-11-32-20(22-17)19(26)23-33(2,29)30;1-2/h3,5-9,11H,4,10,12H2,1-2H3,(H,23,26)(H,27,28);1-2H3/b5-3+;. The van der Waals surface area contributed by atoms with Gasteiger partial charge in [-0.15, -0.1) is 23.1 Å². The molecule has 0 saturated heterocycles. The fourth-order valence-electron chi connectivity index (χ4n) is 3.05. The number of thiazole rings is 1. The van der Waals surface area contributed by atoms with Crippen LogP contribution in [0.15, 0.2) is 53.1 Å². The SMILES string of the molecule is CC.CC(=O)N1CSCC(/C=C/Cc2ccc(-c3csc(C(=O)NS(C)(=O)=O)n3)cc2)=C1C(=O)O. The number of aliphatic carboxylic acids is 1. The Morgan fingerprint density at radius 2 is 1.86 bits per heavy atom. The third kappa shape index (κ3) is 8.05. The van der Waals surface area contributed by atoms with Gasteiger partial charge in [-0.1, -0.05) is 50.3 Å². The molecule has 1 aliphatic rings. The predicted octanol–water partition coefficient (Wildman–Crippen LogP) is 3.52. The Balaban J connectivity index is 0.00000210. The number of carbonyl (C=O) groups is 3. The minimum Gasteiger partial charge on any atom is -0.477 e. The summed E-state index contributed by atoms with van der Waals surface area (Å²) in [6.07, 6.45) is 5.05. The largest absolute Gasteiger partial charge is 0.477 e. The number of sulfonamides is 1. The van der Waals surface area contributed by atoms with Crippen LogP contribution in [-0.2, 0) is 26.0 Å². The normalized spacial score (nSPS) is 13.9. The predicted molar refractivity (Wildman–Crippen MR) is 139 cm³/mol. The van der Waals surface area contributed by atoms with Crippen LogP contribution in [0.25, 0.3) is 11.3 Å². The zero-order valence-corrected chi connectivity index (χ0v) is 22.2. The lowest BCUT2D eigenvalue weighted by molar-refractivity contribution is -0.138. The van der Waals surface area contributed by atoms with Crippen LogP contribution in [0.2, 0.25) is 0 Å². The lowest BCUT2D eigenvalue weighted by Crippen LogP contribution is -2.35. The number of benzene rings is 1. The smallest absolute Gasteiger partial charge is 0.352 e. The Bertz CT molecular complexity index is 1250. The van der Waals surface area contributed by atoms with Crippen molar-refractivity contribution >= 4 is 50.9 Å². The van der Waals surface area contributed by atoms with Crippen molar-refractivity contribution < 1.29 is 27.9 Å². The van der Waals surface area contributed by atoms with Crippen molar-refractivity contribution in [3.63, 3.8) is 0 Å². The summed E-state index contributed by atoms with van der Waals surface area (Å²) in [6.45, 7) is 5.35. The van der Waals surface area contributed by atoms with Gasteiger partial charge in [-0.05, 0) is 17.6 Å². The Labute approximate surface area is 213 Å². The van der Waals surface area contributed by atoms with E-state index < -0.39 is 21.9 Å². The number of aromatic nitrogens is 1. The first-order valence-corrected chi connectivity index (χ1v) is 14.5. The zero-order valence-electron chi connectivity index (χ0n) is 19.8. The number of carboxylic acids is 1. The summed E-state index contributed by atoms with van der Waals surface area (Å²) in [6, 6.07) is 7.46. The number of carbonyl (C=O) groups excluding carboxylic acids is 2. The molecule has 2 heterocycles. The highest BCUT2D eigenvalue weighted by Gasteiger charge is 2.27. The molecule has 0 unspecified atom stereocenters. The van der Waals surface area contributed by atoms with E-state index in [9.17, 15) is 27.9 Å². The average Bonchev–Trinajstić information content (AvgIpc) is 3.30. The van der Waals surface area contributed by atoms with Gasteiger partial charge >= 0.3 is 5.97 Å². The number of nitrogens with zero attached hydrogens (tertiary/aromatic N) is 2. The summed E-state index contributed by atoms with van der Waals surface area (Å²) in [5.74, 6) is -1.36. The quantitative estimate of drug-likeness (QED) is 0.548. The molecule has 188 valence electrons. The molecular weight excluding hydrogens is 510 g/mol. The number of amides is 2. The topological polar surface area (TPSA) is 134 Å². The molecule has 1 aromatic heterocycles. The van der Waals surface area contributed by atoms with Gasteiger partial charge in [0, 0.05) is 23.6 Å². The van der Waals surface area contributed by atoms with Gasteiger partial charge in [0.15, 0.2) is 5.01 Å². The van der Waals surface area contributed by atoms with Gasteiger partial charge in [0.05, 0.1) is 17.8 Å². The lowest BCUT2D eigenvalue weighted by atomic mass is 10.1. The number of hydrogen-bond acceptors (Lipinski definition) is 8. The molecule has 0 spiro atoms. The molecular formula is C23H27N3O6S3. The molecule has 1 aromatic carbocycles. The molecule has 9 nitrogen and oxygen atoms in total. The molecule has 0 aliphatic carbocycles. The molecule has 3 rings (SSSR count). The Hall–Kier alpha value is -2.96. The van der Waals surface area contributed by atoms with E-state index in [1.54, 1.807) is 11.5 Å². The van der Waals surface area contributed by atoms with Gasteiger partial charge in [0.2, 0.25) is 15.9 Å². The molecule has 0 bridgehead atoms. The first kappa shape index (κ1) is 28.3. The second kappa shape index (κ2) is 12.7. The fraction of sp³-hybridized carbons (Fsp3) is 0.304. The Morgan fingerprint density at radius 1 is 1.20 bits per heavy atom. The van der Waals surface area contributed by atoms with E-state index in [1.807, 2.05) is 48.9 Å². The van der Waals surface area contributed by atoms with Gasteiger partial charge in [0.1, 0.15) is 5.70 Å². The molecule has 2 aromatic rings. The fourth-order valence-corrected chi connectivity index (χ4v) is 5.31. The number of hydrogen-bond donors (Lipinski definition) is 2. The van der Waals surface area contributed by atoms with Crippen molar-refractivity contribution in [2.75, 3.05) is 17.9 Å². The molecule has 2 N–H and O–H groups in total. The highest BCUT2D eigenvalue weighted by Crippen LogP contribution is 2.26. The minimum atomic E-state index is -3.66. The van der Waals surface area contributed by atoms with Crippen LogP contribution in [0.1, 0.15) is 36.1 Å². The van der Waals surface area contributed by atoms with Crippen molar-refractivity contribution in [1.29, 1.82) is 0 Å². The van der Waals surface area contributed by atoms with Crippen molar-refractivity contribution in [3.8, 4) is 11.3 Å². The summed E-state index contributed by atoms with van der Waals surface area (Å²) in [4.78, 5) is 40.8. The molecule has 35 heavy (non-hydrogen) atoms. The minimum absolute atomic E-state index is 0.0205. The molecule has 0 atom stereocenters. The lowest BCUT2D eigenvalue weighted by Gasteiger charge is -2.27. The third-order valence-corrected chi connectivity index (χ3v) is 6.89. The van der Waals surface area contributed by atoms with Crippen molar-refractivity contribution in [2.24, 2.45) is 0 Å². The number of carboxylic acid groups (broad SMARTS) is 1. The number of rotatable bonds is 7. The maximum atomic E-state index is 11.9. The van der Waals surface area contributed by atoms with Gasteiger partial charge in [0.25, 0.3) is 5.91 Å². The van der Waals surface area contributed by atoms with E-state index in [2.05, 4.69) is 4.98 Å². The van der Waals surface area contributed by atoms with E-state index in [1.165, 1.54) is 23.6 Å².